The van der Waals surface area contributed by atoms with Gasteiger partial charge in [-0.3, -0.25) is 9.63 Å². The Hall–Kier alpha value is -0.610. The van der Waals surface area contributed by atoms with Gasteiger partial charge in [0.25, 0.3) is 0 Å². The van der Waals surface area contributed by atoms with Crippen molar-refractivity contribution in [2.45, 2.75) is 26.7 Å². The highest BCUT2D eigenvalue weighted by atomic mass is 16.7. The first-order valence-electron chi connectivity index (χ1n) is 6.08. The van der Waals surface area contributed by atoms with Crippen LogP contribution in [0, 0.1) is 11.8 Å². The summed E-state index contributed by atoms with van der Waals surface area (Å²) < 4.78 is 0. The summed E-state index contributed by atoms with van der Waals surface area (Å²) in [5.74, 6) is 0.877. The van der Waals surface area contributed by atoms with Crippen LogP contribution in [0.5, 0.6) is 0 Å². The van der Waals surface area contributed by atoms with Crippen LogP contribution in [0.15, 0.2) is 0 Å². The minimum Gasteiger partial charge on any atom is -0.302 e. The molecule has 1 saturated heterocycles. The molecular weight excluding hydrogens is 204 g/mol. The summed E-state index contributed by atoms with van der Waals surface area (Å²) in [5, 5.41) is 1.35. The number of carbonyl (C=O) groups excluding carboxylic acids is 1. The molecule has 94 valence electrons. The Morgan fingerprint density at radius 1 is 1.56 bits per heavy atom. The number of rotatable bonds is 4. The third kappa shape index (κ3) is 3.76. The predicted octanol–water partition coefficient (Wildman–Crippen LogP) is 1.37. The Bertz CT molecular complexity index is 231. The molecule has 0 N–H and O–H groups in total. The van der Waals surface area contributed by atoms with Gasteiger partial charge in [0.15, 0.2) is 0 Å². The van der Waals surface area contributed by atoms with Crippen molar-refractivity contribution in [2.24, 2.45) is 11.8 Å². The normalized spacial score (nSPS) is 22.4. The van der Waals surface area contributed by atoms with Crippen LogP contribution < -0.4 is 0 Å². The number of likely N-dealkylation sites (tertiary alicyclic amines) is 1. The Labute approximate surface area is 98.5 Å². The molecular formula is C12H24N2O2. The quantitative estimate of drug-likeness (QED) is 0.681. The second-order valence-corrected chi connectivity index (χ2v) is 5.01. The first-order valence-corrected chi connectivity index (χ1v) is 6.08. The maximum absolute atomic E-state index is 11.9. The first-order chi connectivity index (χ1) is 7.54. The molecule has 0 radical (unpaired) electrons. The van der Waals surface area contributed by atoms with Crippen LogP contribution in [-0.4, -0.2) is 49.7 Å². The van der Waals surface area contributed by atoms with Gasteiger partial charge in [-0.2, -0.15) is 0 Å². The van der Waals surface area contributed by atoms with E-state index in [1.54, 1.807) is 7.05 Å². The first kappa shape index (κ1) is 13.5. The molecule has 16 heavy (non-hydrogen) atoms. The molecule has 0 bridgehead atoms. The van der Waals surface area contributed by atoms with Crippen LogP contribution in [0.25, 0.3) is 0 Å². The standard InChI is InChI=1S/C12H24N2O2/c1-10(2)8-14-7-5-6-11(9-14)12(15)13(3)16-4/h10-11H,5-9H2,1-4H3. The van der Waals surface area contributed by atoms with Crippen molar-refractivity contribution in [3.63, 3.8) is 0 Å². The zero-order valence-corrected chi connectivity index (χ0v) is 10.9. The third-order valence-electron chi connectivity index (χ3n) is 3.06. The average Bonchev–Trinajstić information content (AvgIpc) is 2.26. The molecule has 1 unspecified atom stereocenters. The smallest absolute Gasteiger partial charge is 0.250 e. The van der Waals surface area contributed by atoms with E-state index < -0.39 is 0 Å². The Balaban J connectivity index is 2.46. The molecule has 1 aliphatic rings. The Morgan fingerprint density at radius 3 is 2.81 bits per heavy atom. The number of nitrogens with zero attached hydrogens (tertiary/aromatic N) is 2. The van der Waals surface area contributed by atoms with Crippen LogP contribution in [0.1, 0.15) is 26.7 Å². The number of hydroxylamine groups is 2. The van der Waals surface area contributed by atoms with E-state index in [0.29, 0.717) is 5.92 Å². The van der Waals surface area contributed by atoms with E-state index >= 15 is 0 Å². The third-order valence-corrected chi connectivity index (χ3v) is 3.06. The predicted molar refractivity (Wildman–Crippen MR) is 63.8 cm³/mol. The zero-order chi connectivity index (χ0) is 12.1. The van der Waals surface area contributed by atoms with Gasteiger partial charge in [-0.15, -0.1) is 0 Å². The van der Waals surface area contributed by atoms with Gasteiger partial charge in [-0.1, -0.05) is 13.8 Å². The molecule has 0 saturated carbocycles. The molecule has 0 aromatic heterocycles. The van der Waals surface area contributed by atoms with E-state index in [1.165, 1.54) is 12.2 Å². The molecule has 1 rings (SSSR count). The van der Waals surface area contributed by atoms with Gasteiger partial charge in [0.2, 0.25) is 5.91 Å². The SMILES string of the molecule is CON(C)C(=O)C1CCCN(CC(C)C)C1. The summed E-state index contributed by atoms with van der Waals surface area (Å²) in [6.45, 7) is 7.52. The molecule has 4 heteroatoms. The van der Waals surface area contributed by atoms with Gasteiger partial charge in [-0.05, 0) is 25.3 Å². The fraction of sp³-hybridized carbons (Fsp3) is 0.917. The molecule has 0 spiro atoms. The molecule has 0 aromatic rings. The van der Waals surface area contributed by atoms with Crippen molar-refractivity contribution in [2.75, 3.05) is 33.8 Å². The lowest BCUT2D eigenvalue weighted by molar-refractivity contribution is -0.175. The lowest BCUT2D eigenvalue weighted by atomic mass is 9.96. The van der Waals surface area contributed by atoms with Crippen molar-refractivity contribution in [1.29, 1.82) is 0 Å². The summed E-state index contributed by atoms with van der Waals surface area (Å²) in [4.78, 5) is 19.3. The highest BCUT2D eigenvalue weighted by molar-refractivity contribution is 5.77. The lowest BCUT2D eigenvalue weighted by Crippen LogP contribution is -2.44. The molecule has 1 atom stereocenters. The molecule has 1 fully saturated rings. The average molecular weight is 228 g/mol. The summed E-state index contributed by atoms with van der Waals surface area (Å²) >= 11 is 0. The van der Waals surface area contributed by atoms with Crippen molar-refractivity contribution in [3.05, 3.63) is 0 Å². The summed E-state index contributed by atoms with van der Waals surface area (Å²) in [5.41, 5.74) is 0. The van der Waals surface area contributed by atoms with E-state index in [1.807, 2.05) is 0 Å². The van der Waals surface area contributed by atoms with Crippen molar-refractivity contribution in [3.8, 4) is 0 Å². The van der Waals surface area contributed by atoms with Gasteiger partial charge in [0.1, 0.15) is 0 Å². The van der Waals surface area contributed by atoms with Gasteiger partial charge in [0.05, 0.1) is 13.0 Å². The van der Waals surface area contributed by atoms with Crippen molar-refractivity contribution in [1.82, 2.24) is 9.96 Å². The zero-order valence-electron chi connectivity index (χ0n) is 10.9. The fourth-order valence-electron chi connectivity index (χ4n) is 2.29. The highest BCUT2D eigenvalue weighted by Gasteiger charge is 2.28. The second kappa shape index (κ2) is 6.21. The Kier molecular flexibility index (Phi) is 5.22. The number of amides is 1. The van der Waals surface area contributed by atoms with E-state index in [0.717, 1.165) is 32.5 Å². The number of piperidine rings is 1. The van der Waals surface area contributed by atoms with E-state index in [2.05, 4.69) is 18.7 Å². The monoisotopic (exact) mass is 228 g/mol. The van der Waals surface area contributed by atoms with E-state index in [-0.39, 0.29) is 11.8 Å². The van der Waals surface area contributed by atoms with Gasteiger partial charge >= 0.3 is 0 Å². The van der Waals surface area contributed by atoms with Crippen LogP contribution in [0.4, 0.5) is 0 Å². The van der Waals surface area contributed by atoms with Crippen LogP contribution >= 0.6 is 0 Å². The number of hydrogen-bond donors (Lipinski definition) is 0. The highest BCUT2D eigenvalue weighted by Crippen LogP contribution is 2.19. The number of carbonyl (C=O) groups is 1. The van der Waals surface area contributed by atoms with Crippen LogP contribution in [-0.2, 0) is 9.63 Å². The van der Waals surface area contributed by atoms with Gasteiger partial charge < -0.3 is 4.90 Å². The maximum atomic E-state index is 11.9. The lowest BCUT2D eigenvalue weighted by Gasteiger charge is -2.34. The molecule has 1 aliphatic heterocycles. The van der Waals surface area contributed by atoms with Crippen molar-refractivity contribution >= 4 is 5.91 Å². The largest absolute Gasteiger partial charge is 0.302 e. The maximum Gasteiger partial charge on any atom is 0.250 e. The topological polar surface area (TPSA) is 32.8 Å². The van der Waals surface area contributed by atoms with Crippen molar-refractivity contribution < 1.29 is 9.63 Å². The van der Waals surface area contributed by atoms with Gasteiger partial charge in [0, 0.05) is 20.1 Å². The van der Waals surface area contributed by atoms with E-state index in [4.69, 9.17) is 4.84 Å². The second-order valence-electron chi connectivity index (χ2n) is 5.01. The molecule has 0 aliphatic carbocycles. The minimum atomic E-state index is 0.107. The summed E-state index contributed by atoms with van der Waals surface area (Å²) in [6, 6.07) is 0. The molecule has 1 amide bonds. The number of hydrogen-bond acceptors (Lipinski definition) is 3. The Morgan fingerprint density at radius 2 is 2.25 bits per heavy atom. The molecule has 4 nitrogen and oxygen atoms in total. The minimum absolute atomic E-state index is 0.107. The van der Waals surface area contributed by atoms with Crippen LogP contribution in [0.3, 0.4) is 0 Å². The molecule has 0 aromatic carbocycles. The fourth-order valence-corrected chi connectivity index (χ4v) is 2.29. The van der Waals surface area contributed by atoms with Crippen LogP contribution in [0.2, 0.25) is 0 Å². The van der Waals surface area contributed by atoms with E-state index in [9.17, 15) is 4.79 Å². The molecule has 1 heterocycles. The van der Waals surface area contributed by atoms with Gasteiger partial charge in [-0.25, -0.2) is 5.06 Å². The summed E-state index contributed by atoms with van der Waals surface area (Å²) in [6.07, 6.45) is 2.10. The summed E-state index contributed by atoms with van der Waals surface area (Å²) in [7, 11) is 3.22.